The summed E-state index contributed by atoms with van der Waals surface area (Å²) in [5, 5.41) is 0. The Balaban J connectivity index is 0.000000183. The van der Waals surface area contributed by atoms with E-state index >= 15 is 0 Å². The van der Waals surface area contributed by atoms with Crippen molar-refractivity contribution in [2.24, 2.45) is 0 Å². The van der Waals surface area contributed by atoms with Gasteiger partial charge in [0.2, 0.25) is 0 Å². The van der Waals surface area contributed by atoms with E-state index in [2.05, 4.69) is 0 Å². The molecule has 0 heterocycles. The smallest absolute Gasteiger partial charge is 0.207 e. The summed E-state index contributed by atoms with van der Waals surface area (Å²) >= 11 is -0.750. The van der Waals surface area contributed by atoms with Gasteiger partial charge >= 0.3 is 11.6 Å². The van der Waals surface area contributed by atoms with Crippen LogP contribution >= 0.6 is 0 Å². The molecular formula is C24H18F2O2S. The van der Waals surface area contributed by atoms with Gasteiger partial charge < -0.3 is 0 Å². The normalized spacial score (nSPS) is 9.31. The Morgan fingerprint density at radius 1 is 0.414 bits per heavy atom. The van der Waals surface area contributed by atoms with E-state index in [4.69, 9.17) is 8.42 Å². The second-order valence-electron chi connectivity index (χ2n) is 5.81. The van der Waals surface area contributed by atoms with E-state index in [9.17, 15) is 8.78 Å². The first kappa shape index (κ1) is 21.9. The van der Waals surface area contributed by atoms with Gasteiger partial charge in [0.05, 0.1) is 0 Å². The first-order valence-corrected chi connectivity index (χ1v) is 9.34. The molecule has 0 radical (unpaired) electrons. The van der Waals surface area contributed by atoms with Crippen molar-refractivity contribution in [3.05, 3.63) is 121 Å². The van der Waals surface area contributed by atoms with E-state index in [0.717, 1.165) is 22.3 Å². The second kappa shape index (κ2) is 12.1. The number of hydrogen-bond donors (Lipinski definition) is 0. The summed E-state index contributed by atoms with van der Waals surface area (Å²) in [5.41, 5.74) is 4.31. The van der Waals surface area contributed by atoms with Crippen LogP contribution in [0.3, 0.4) is 0 Å². The predicted octanol–water partition coefficient (Wildman–Crippen LogP) is 6.32. The highest BCUT2D eigenvalue weighted by molar-refractivity contribution is 7.51. The molecule has 29 heavy (non-hydrogen) atoms. The Bertz CT molecular complexity index is 933. The van der Waals surface area contributed by atoms with Gasteiger partial charge in [-0.15, -0.1) is 0 Å². The highest BCUT2D eigenvalue weighted by Gasteiger charge is 1.96. The number of rotatable bonds is 2. The van der Waals surface area contributed by atoms with Crippen LogP contribution in [0.5, 0.6) is 0 Å². The lowest BCUT2D eigenvalue weighted by Gasteiger charge is -1.99. The van der Waals surface area contributed by atoms with Crippen molar-refractivity contribution in [2.75, 3.05) is 0 Å². The van der Waals surface area contributed by atoms with Gasteiger partial charge in [-0.25, -0.2) is 8.78 Å². The van der Waals surface area contributed by atoms with Crippen LogP contribution in [-0.2, 0) is 11.6 Å². The zero-order valence-electron chi connectivity index (χ0n) is 15.4. The molecule has 5 heteroatoms. The topological polar surface area (TPSA) is 34.1 Å². The molecule has 0 unspecified atom stereocenters. The summed E-state index contributed by atoms with van der Waals surface area (Å²) in [4.78, 5) is 0. The fraction of sp³-hybridized carbons (Fsp3) is 0. The average molecular weight is 408 g/mol. The van der Waals surface area contributed by atoms with Gasteiger partial charge in [0.1, 0.15) is 11.6 Å². The van der Waals surface area contributed by atoms with Crippen LogP contribution in [0.15, 0.2) is 109 Å². The van der Waals surface area contributed by atoms with Gasteiger partial charge in [0.15, 0.2) is 0 Å². The fourth-order valence-corrected chi connectivity index (χ4v) is 2.55. The van der Waals surface area contributed by atoms with Crippen LogP contribution in [0.1, 0.15) is 0 Å². The van der Waals surface area contributed by atoms with Gasteiger partial charge in [-0.3, -0.25) is 0 Å². The van der Waals surface area contributed by atoms with E-state index in [-0.39, 0.29) is 11.6 Å². The molecular weight excluding hydrogens is 390 g/mol. The maximum Gasteiger partial charge on any atom is 0.335 e. The molecule has 0 aromatic heterocycles. The molecule has 4 rings (SSSR count). The highest BCUT2D eigenvalue weighted by Crippen LogP contribution is 2.19. The van der Waals surface area contributed by atoms with Gasteiger partial charge in [0, 0.05) is 0 Å². The third-order valence-corrected chi connectivity index (χ3v) is 3.90. The largest absolute Gasteiger partial charge is 0.335 e. The maximum atomic E-state index is 12.6. The zero-order valence-corrected chi connectivity index (χ0v) is 16.2. The number of hydrogen-bond acceptors (Lipinski definition) is 2. The zero-order chi connectivity index (χ0) is 20.9. The summed E-state index contributed by atoms with van der Waals surface area (Å²) < 4.78 is 41.8. The lowest BCUT2D eigenvalue weighted by molar-refractivity contribution is 0.627. The lowest BCUT2D eigenvalue weighted by atomic mass is 10.1. The Hall–Kier alpha value is -3.44. The summed E-state index contributed by atoms with van der Waals surface area (Å²) in [6.45, 7) is 0. The Kier molecular flexibility index (Phi) is 9.12. The summed E-state index contributed by atoms with van der Waals surface area (Å²) in [5.74, 6) is -0.389. The van der Waals surface area contributed by atoms with Crippen LogP contribution in [0.2, 0.25) is 0 Å². The maximum absolute atomic E-state index is 12.6. The quantitative estimate of drug-likeness (QED) is 0.389. The highest BCUT2D eigenvalue weighted by atomic mass is 32.1. The van der Waals surface area contributed by atoms with Crippen molar-refractivity contribution >= 4 is 11.6 Å². The van der Waals surface area contributed by atoms with Crippen molar-refractivity contribution in [3.63, 3.8) is 0 Å². The molecule has 0 N–H and O–H groups in total. The Morgan fingerprint density at radius 3 is 0.931 bits per heavy atom. The van der Waals surface area contributed by atoms with E-state index in [1.807, 2.05) is 60.7 Å². The molecule has 0 saturated heterocycles. The van der Waals surface area contributed by atoms with Crippen LogP contribution in [0.25, 0.3) is 22.3 Å². The monoisotopic (exact) mass is 408 g/mol. The van der Waals surface area contributed by atoms with Gasteiger partial charge in [0.25, 0.3) is 0 Å². The minimum absolute atomic E-state index is 0.195. The molecule has 0 fully saturated rings. The molecule has 0 aliphatic carbocycles. The molecule has 146 valence electrons. The van der Waals surface area contributed by atoms with Crippen LogP contribution < -0.4 is 0 Å². The van der Waals surface area contributed by atoms with E-state index in [0.29, 0.717) is 0 Å². The van der Waals surface area contributed by atoms with E-state index in [1.54, 1.807) is 24.3 Å². The predicted molar refractivity (Wildman–Crippen MR) is 113 cm³/mol. The molecule has 0 atom stereocenters. The van der Waals surface area contributed by atoms with Crippen molar-refractivity contribution in [1.29, 1.82) is 0 Å². The lowest BCUT2D eigenvalue weighted by Crippen LogP contribution is -1.77. The van der Waals surface area contributed by atoms with Crippen LogP contribution in [0.4, 0.5) is 8.78 Å². The summed E-state index contributed by atoms with van der Waals surface area (Å²) in [6.07, 6.45) is 0. The molecule has 0 aliphatic rings. The number of halogens is 2. The average Bonchev–Trinajstić information content (AvgIpc) is 2.77. The SMILES string of the molecule is Fc1ccc(-c2ccccc2)cc1.Fc1ccc(-c2ccccc2)cc1.O=S=O. The third kappa shape index (κ3) is 7.60. The first-order chi connectivity index (χ1) is 14.1. The molecule has 0 aliphatic heterocycles. The van der Waals surface area contributed by atoms with E-state index < -0.39 is 11.6 Å². The Morgan fingerprint density at radius 2 is 0.655 bits per heavy atom. The minimum atomic E-state index is -0.750. The van der Waals surface area contributed by atoms with Crippen molar-refractivity contribution in [2.45, 2.75) is 0 Å². The molecule has 4 aromatic carbocycles. The molecule has 0 spiro atoms. The molecule has 2 nitrogen and oxygen atoms in total. The molecule has 0 bridgehead atoms. The van der Waals surface area contributed by atoms with Crippen LogP contribution in [-0.4, -0.2) is 8.42 Å². The minimum Gasteiger partial charge on any atom is -0.207 e. The molecule has 0 saturated carbocycles. The van der Waals surface area contributed by atoms with E-state index in [1.165, 1.54) is 24.3 Å². The van der Waals surface area contributed by atoms with Gasteiger partial charge in [-0.1, -0.05) is 84.9 Å². The van der Waals surface area contributed by atoms with Crippen LogP contribution in [0, 0.1) is 11.6 Å². The first-order valence-electron chi connectivity index (χ1n) is 8.68. The van der Waals surface area contributed by atoms with Crippen molar-refractivity contribution in [1.82, 2.24) is 0 Å². The second-order valence-corrected chi connectivity index (χ2v) is 5.95. The fourth-order valence-electron chi connectivity index (χ4n) is 2.55. The summed E-state index contributed by atoms with van der Waals surface area (Å²) in [7, 11) is 0. The van der Waals surface area contributed by atoms with Crippen molar-refractivity contribution < 1.29 is 17.2 Å². The Labute approximate surface area is 172 Å². The van der Waals surface area contributed by atoms with Gasteiger partial charge in [-0.2, -0.15) is 8.42 Å². The van der Waals surface area contributed by atoms with Gasteiger partial charge in [-0.05, 0) is 46.5 Å². The third-order valence-electron chi connectivity index (χ3n) is 3.90. The molecule has 4 aromatic rings. The van der Waals surface area contributed by atoms with Crippen molar-refractivity contribution in [3.8, 4) is 22.3 Å². The number of benzene rings is 4. The summed E-state index contributed by atoms with van der Waals surface area (Å²) in [6, 6.07) is 32.9. The standard InChI is InChI=1S/2C12H9F.O2S/c2*13-12-8-6-11(7-9-12)10-4-2-1-3-5-10;1-3-2/h2*1-9H;. The molecule has 0 amide bonds.